The first-order valence-corrected chi connectivity index (χ1v) is 9.71. The van der Waals surface area contributed by atoms with Crippen molar-refractivity contribution in [1.29, 1.82) is 0 Å². The number of aromatic nitrogens is 2. The van der Waals surface area contributed by atoms with E-state index in [-0.39, 0.29) is 17.9 Å². The highest BCUT2D eigenvalue weighted by molar-refractivity contribution is 6.02. The second-order valence-corrected chi connectivity index (χ2v) is 6.86. The van der Waals surface area contributed by atoms with Crippen LogP contribution in [-0.2, 0) is 13.6 Å². The molecule has 30 heavy (non-hydrogen) atoms. The predicted molar refractivity (Wildman–Crippen MR) is 113 cm³/mol. The minimum absolute atomic E-state index is 0.149. The maximum absolute atomic E-state index is 12.7. The molecule has 1 aromatic carbocycles. The predicted octanol–water partition coefficient (Wildman–Crippen LogP) is 2.76. The fourth-order valence-corrected chi connectivity index (χ4v) is 3.05. The molecule has 2 heterocycles. The van der Waals surface area contributed by atoms with E-state index in [0.717, 1.165) is 18.4 Å². The molecule has 0 unspecified atom stereocenters. The molecule has 0 saturated heterocycles. The molecule has 2 N–H and O–H groups in total. The van der Waals surface area contributed by atoms with Crippen LogP contribution in [0.2, 0.25) is 0 Å². The van der Waals surface area contributed by atoms with E-state index < -0.39 is 11.5 Å². The van der Waals surface area contributed by atoms with Crippen molar-refractivity contribution >= 4 is 16.8 Å². The Balaban J connectivity index is 1.89. The number of aromatic hydroxyl groups is 1. The average Bonchev–Trinajstić information content (AvgIpc) is 2.76. The van der Waals surface area contributed by atoms with Crippen LogP contribution in [0, 0.1) is 0 Å². The maximum atomic E-state index is 12.7. The first kappa shape index (κ1) is 21.2. The zero-order chi connectivity index (χ0) is 21.7. The lowest BCUT2D eigenvalue weighted by atomic mass is 10.1. The Labute approximate surface area is 174 Å². The van der Waals surface area contributed by atoms with E-state index in [1.807, 2.05) is 0 Å². The van der Waals surface area contributed by atoms with Crippen molar-refractivity contribution in [2.45, 2.75) is 26.3 Å². The summed E-state index contributed by atoms with van der Waals surface area (Å²) in [6, 6.07) is 8.51. The molecule has 0 aliphatic rings. The smallest absolute Gasteiger partial charge is 0.267 e. The second kappa shape index (κ2) is 9.30. The van der Waals surface area contributed by atoms with Crippen LogP contribution in [0.15, 0.2) is 41.3 Å². The third kappa shape index (κ3) is 4.37. The minimum Gasteiger partial charge on any atom is -0.506 e. The zero-order valence-electron chi connectivity index (χ0n) is 17.3. The van der Waals surface area contributed by atoms with Gasteiger partial charge in [-0.15, -0.1) is 0 Å². The molecule has 0 atom stereocenters. The highest BCUT2D eigenvalue weighted by atomic mass is 16.5. The Morgan fingerprint density at radius 1 is 1.27 bits per heavy atom. The number of hydrogen-bond acceptors (Lipinski definition) is 6. The Morgan fingerprint density at radius 3 is 2.73 bits per heavy atom. The van der Waals surface area contributed by atoms with Gasteiger partial charge in [0.15, 0.2) is 0 Å². The standard InChI is InChI=1S/C22H25N3O5/c1-4-5-10-30-15-7-8-17-16(11-15)20(26)19(22(28)25(17)2)21(27)24-13-14-6-9-18(29-3)23-12-14/h6-9,11-12,26H,4-5,10,13H2,1-3H3,(H,24,27). The van der Waals surface area contributed by atoms with Crippen molar-refractivity contribution in [2.75, 3.05) is 13.7 Å². The molecule has 8 nitrogen and oxygen atoms in total. The van der Waals surface area contributed by atoms with Gasteiger partial charge in [-0.2, -0.15) is 0 Å². The zero-order valence-corrected chi connectivity index (χ0v) is 17.3. The normalized spacial score (nSPS) is 10.8. The molecule has 158 valence electrons. The number of methoxy groups -OCH3 is 1. The Kier molecular flexibility index (Phi) is 6.56. The van der Waals surface area contributed by atoms with Crippen molar-refractivity contribution in [2.24, 2.45) is 7.05 Å². The number of fused-ring (bicyclic) bond motifs is 1. The number of pyridine rings is 2. The first-order valence-electron chi connectivity index (χ1n) is 9.71. The highest BCUT2D eigenvalue weighted by Gasteiger charge is 2.21. The number of rotatable bonds is 8. The number of ether oxygens (including phenoxy) is 2. The second-order valence-electron chi connectivity index (χ2n) is 6.86. The topological polar surface area (TPSA) is 103 Å². The van der Waals surface area contributed by atoms with Crippen LogP contribution in [0.25, 0.3) is 10.9 Å². The summed E-state index contributed by atoms with van der Waals surface area (Å²) in [5.74, 6) is 0.00571. The van der Waals surface area contributed by atoms with E-state index in [9.17, 15) is 14.7 Å². The minimum atomic E-state index is -0.664. The van der Waals surface area contributed by atoms with Gasteiger partial charge in [0.25, 0.3) is 11.5 Å². The Hall–Kier alpha value is -3.55. The lowest BCUT2D eigenvalue weighted by Gasteiger charge is -2.13. The van der Waals surface area contributed by atoms with Gasteiger partial charge in [0.1, 0.15) is 17.1 Å². The molecule has 0 aliphatic carbocycles. The summed E-state index contributed by atoms with van der Waals surface area (Å²) in [6.07, 6.45) is 3.48. The summed E-state index contributed by atoms with van der Waals surface area (Å²) in [7, 11) is 3.08. The molecule has 3 rings (SSSR count). The summed E-state index contributed by atoms with van der Waals surface area (Å²) in [6.45, 7) is 2.77. The number of amides is 1. The summed E-state index contributed by atoms with van der Waals surface area (Å²) in [5, 5.41) is 13.8. The molecule has 0 fully saturated rings. The van der Waals surface area contributed by atoms with Gasteiger partial charge in [-0.05, 0) is 30.2 Å². The Morgan fingerprint density at radius 2 is 2.07 bits per heavy atom. The van der Waals surface area contributed by atoms with E-state index in [1.165, 1.54) is 11.7 Å². The maximum Gasteiger partial charge on any atom is 0.267 e. The molecule has 0 bridgehead atoms. The number of carbonyl (C=O) groups excluding carboxylic acids is 1. The molecule has 2 aromatic heterocycles. The summed E-state index contributed by atoms with van der Waals surface area (Å²) in [5.41, 5.74) is 0.353. The number of unbranched alkanes of at least 4 members (excludes halogenated alkanes) is 1. The lowest BCUT2D eigenvalue weighted by molar-refractivity contribution is 0.0946. The van der Waals surface area contributed by atoms with E-state index >= 15 is 0 Å². The summed E-state index contributed by atoms with van der Waals surface area (Å²) >= 11 is 0. The van der Waals surface area contributed by atoms with Crippen LogP contribution in [0.4, 0.5) is 0 Å². The van der Waals surface area contributed by atoms with Gasteiger partial charge in [-0.3, -0.25) is 9.59 Å². The fraction of sp³-hybridized carbons (Fsp3) is 0.318. The molecule has 3 aromatic rings. The molecule has 0 aliphatic heterocycles. The monoisotopic (exact) mass is 411 g/mol. The molecule has 0 spiro atoms. The van der Waals surface area contributed by atoms with Gasteiger partial charge in [-0.25, -0.2) is 4.98 Å². The average molecular weight is 411 g/mol. The lowest BCUT2D eigenvalue weighted by Crippen LogP contribution is -2.32. The molecular weight excluding hydrogens is 386 g/mol. The van der Waals surface area contributed by atoms with E-state index in [1.54, 1.807) is 43.6 Å². The SMILES string of the molecule is CCCCOc1ccc2c(c1)c(O)c(C(=O)NCc1ccc(OC)nc1)c(=O)n2C. The van der Waals surface area contributed by atoms with Gasteiger partial charge in [0, 0.05) is 31.2 Å². The molecule has 0 radical (unpaired) electrons. The van der Waals surface area contributed by atoms with Gasteiger partial charge >= 0.3 is 0 Å². The van der Waals surface area contributed by atoms with Crippen molar-refractivity contribution in [3.05, 3.63) is 58.0 Å². The molecule has 8 heteroatoms. The van der Waals surface area contributed by atoms with Gasteiger partial charge in [0.2, 0.25) is 5.88 Å². The molecular formula is C22H25N3O5. The fourth-order valence-electron chi connectivity index (χ4n) is 3.05. The first-order chi connectivity index (χ1) is 14.5. The third-order valence-corrected chi connectivity index (χ3v) is 4.79. The van der Waals surface area contributed by atoms with Crippen LogP contribution in [0.3, 0.4) is 0 Å². The number of nitrogens with one attached hydrogen (secondary N) is 1. The summed E-state index contributed by atoms with van der Waals surface area (Å²) < 4.78 is 12.0. The Bertz CT molecular complexity index is 1110. The number of hydrogen-bond donors (Lipinski definition) is 2. The van der Waals surface area contributed by atoms with Crippen LogP contribution in [0.5, 0.6) is 17.4 Å². The van der Waals surface area contributed by atoms with Gasteiger partial charge < -0.3 is 24.5 Å². The number of benzene rings is 1. The van der Waals surface area contributed by atoms with Crippen molar-refractivity contribution in [3.63, 3.8) is 0 Å². The van der Waals surface area contributed by atoms with Crippen molar-refractivity contribution in [1.82, 2.24) is 14.9 Å². The van der Waals surface area contributed by atoms with Crippen LogP contribution in [0.1, 0.15) is 35.7 Å². The largest absolute Gasteiger partial charge is 0.506 e. The van der Waals surface area contributed by atoms with Crippen LogP contribution in [-0.4, -0.2) is 34.3 Å². The van der Waals surface area contributed by atoms with Crippen LogP contribution >= 0.6 is 0 Å². The summed E-state index contributed by atoms with van der Waals surface area (Å²) in [4.78, 5) is 29.5. The van der Waals surface area contributed by atoms with Crippen LogP contribution < -0.4 is 20.3 Å². The van der Waals surface area contributed by atoms with Gasteiger partial charge in [0.05, 0.1) is 19.2 Å². The third-order valence-electron chi connectivity index (χ3n) is 4.79. The van der Waals surface area contributed by atoms with Crippen molar-refractivity contribution < 1.29 is 19.4 Å². The van der Waals surface area contributed by atoms with E-state index in [0.29, 0.717) is 29.1 Å². The number of carbonyl (C=O) groups is 1. The van der Waals surface area contributed by atoms with Crippen molar-refractivity contribution in [3.8, 4) is 17.4 Å². The van der Waals surface area contributed by atoms with Gasteiger partial charge in [-0.1, -0.05) is 19.4 Å². The quantitative estimate of drug-likeness (QED) is 0.553. The molecule has 0 saturated carbocycles. The van der Waals surface area contributed by atoms with E-state index in [2.05, 4.69) is 17.2 Å². The number of aryl methyl sites for hydroxylation is 1. The van der Waals surface area contributed by atoms with E-state index in [4.69, 9.17) is 9.47 Å². The number of nitrogens with zero attached hydrogens (tertiary/aromatic N) is 2. The molecule has 1 amide bonds. The highest BCUT2D eigenvalue weighted by Crippen LogP contribution is 2.29.